The molecule has 186 valence electrons. The lowest BCUT2D eigenvalue weighted by Gasteiger charge is -2.30. The van der Waals surface area contributed by atoms with Gasteiger partial charge in [-0.05, 0) is 19.8 Å². The number of nitrogens with zero attached hydrogens (tertiary/aromatic N) is 2. The molecular weight excluding hydrogens is 444 g/mol. The molecule has 0 amide bonds. The summed E-state index contributed by atoms with van der Waals surface area (Å²) in [6.07, 6.45) is 33.8. The summed E-state index contributed by atoms with van der Waals surface area (Å²) in [6, 6.07) is 0. The highest BCUT2D eigenvalue weighted by Crippen LogP contribution is 2.18. The molecule has 0 aliphatic carbocycles. The molecule has 1 unspecified atom stereocenters. The first kappa shape index (κ1) is 30.8. The van der Waals surface area contributed by atoms with Gasteiger partial charge < -0.3 is 26.8 Å². The molecule has 0 bridgehead atoms. The van der Waals surface area contributed by atoms with E-state index in [4.69, 9.17) is 0 Å². The molecule has 3 heteroatoms. The van der Waals surface area contributed by atoms with E-state index in [0.717, 1.165) is 0 Å². The maximum Gasteiger partial charge on any atom is 0.0977 e. The number of halogens is 1. The van der Waals surface area contributed by atoms with Gasteiger partial charge in [0.15, 0.2) is 0 Å². The number of hydrogen-bond donors (Lipinski definition) is 0. The third-order valence-corrected chi connectivity index (χ3v) is 6.95. The minimum absolute atomic E-state index is 0. The highest BCUT2D eigenvalue weighted by molar-refractivity contribution is 4.95. The van der Waals surface area contributed by atoms with Gasteiger partial charge in [0.2, 0.25) is 0 Å². The highest BCUT2D eigenvalue weighted by Gasteiger charge is 2.20. The summed E-state index contributed by atoms with van der Waals surface area (Å²) in [4.78, 5) is 5.10. The van der Waals surface area contributed by atoms with E-state index in [1.165, 1.54) is 142 Å². The molecule has 0 N–H and O–H groups in total. The molecule has 0 spiro atoms. The van der Waals surface area contributed by atoms with Gasteiger partial charge in [-0.15, -0.1) is 0 Å². The van der Waals surface area contributed by atoms with Crippen LogP contribution < -0.4 is 17.0 Å². The van der Waals surface area contributed by atoms with Gasteiger partial charge in [-0.3, -0.25) is 0 Å². The second-order valence-corrected chi connectivity index (χ2v) is 9.77. The summed E-state index contributed by atoms with van der Waals surface area (Å²) < 4.78 is 0. The Kier molecular flexibility index (Phi) is 22.9. The largest absolute Gasteiger partial charge is 1.00 e. The zero-order valence-corrected chi connectivity index (χ0v) is 23.1. The molecule has 2 nitrogen and oxygen atoms in total. The summed E-state index contributed by atoms with van der Waals surface area (Å²) in [7, 11) is 0. The van der Waals surface area contributed by atoms with Crippen LogP contribution in [-0.2, 0) is 0 Å². The van der Waals surface area contributed by atoms with Crippen molar-refractivity contribution in [1.29, 1.82) is 0 Å². The first-order valence-corrected chi connectivity index (χ1v) is 14.0. The van der Waals surface area contributed by atoms with Gasteiger partial charge in [0.25, 0.3) is 0 Å². The molecule has 0 radical (unpaired) electrons. The Morgan fingerprint density at radius 1 is 0.452 bits per heavy atom. The van der Waals surface area contributed by atoms with Crippen molar-refractivity contribution in [3.63, 3.8) is 0 Å². The van der Waals surface area contributed by atoms with Crippen molar-refractivity contribution in [3.05, 3.63) is 12.4 Å². The zero-order valence-electron chi connectivity index (χ0n) is 21.6. The fourth-order valence-corrected chi connectivity index (χ4v) is 4.70. The second kappa shape index (κ2) is 23.0. The molecule has 0 fully saturated rings. The van der Waals surface area contributed by atoms with Crippen molar-refractivity contribution in [3.8, 4) is 0 Å². The van der Waals surface area contributed by atoms with Crippen molar-refractivity contribution in [2.75, 3.05) is 13.1 Å². The lowest BCUT2D eigenvalue weighted by molar-refractivity contribution is -0.00000685. The predicted molar refractivity (Wildman–Crippen MR) is 136 cm³/mol. The van der Waals surface area contributed by atoms with E-state index in [9.17, 15) is 0 Å². The van der Waals surface area contributed by atoms with Crippen molar-refractivity contribution in [2.45, 2.75) is 155 Å². The minimum Gasteiger partial charge on any atom is -1.00 e. The van der Waals surface area contributed by atoms with Crippen molar-refractivity contribution in [1.82, 2.24) is 9.80 Å². The lowest BCUT2D eigenvalue weighted by Crippen LogP contribution is -3.00. The van der Waals surface area contributed by atoms with Crippen molar-refractivity contribution < 1.29 is 17.0 Å². The standard InChI is InChI=1S/C28H56N2.BrH/c1-4-6-8-10-12-13-14-15-16-17-18-19-21-23-25-30-27-26-29(28(30)3)24-22-20-11-9-7-5-2;/h26-28H,4-25H2,1-3H3;1H/p-1. The Balaban J connectivity index is 0.00000900. The smallest absolute Gasteiger partial charge is 0.0977 e. The third-order valence-electron chi connectivity index (χ3n) is 6.95. The van der Waals surface area contributed by atoms with Crippen LogP contribution in [-0.4, -0.2) is 29.1 Å². The van der Waals surface area contributed by atoms with Crippen LogP contribution in [0, 0.1) is 0 Å². The summed E-state index contributed by atoms with van der Waals surface area (Å²) in [5.74, 6) is 0. The molecule has 1 rings (SSSR count). The van der Waals surface area contributed by atoms with Crippen LogP contribution in [0.5, 0.6) is 0 Å². The Hall–Kier alpha value is -0.180. The van der Waals surface area contributed by atoms with E-state index in [0.29, 0.717) is 6.17 Å². The van der Waals surface area contributed by atoms with Crippen LogP contribution in [0.4, 0.5) is 0 Å². The van der Waals surface area contributed by atoms with E-state index in [2.05, 4.69) is 43.0 Å². The average molecular weight is 501 g/mol. The first-order valence-electron chi connectivity index (χ1n) is 14.0. The van der Waals surface area contributed by atoms with E-state index in [1.807, 2.05) is 0 Å². The normalized spacial score (nSPS) is 15.6. The first-order chi connectivity index (χ1) is 14.8. The maximum absolute atomic E-state index is 2.55. The van der Waals surface area contributed by atoms with E-state index in [-0.39, 0.29) is 17.0 Å². The van der Waals surface area contributed by atoms with Gasteiger partial charge in [-0.25, -0.2) is 0 Å². The highest BCUT2D eigenvalue weighted by atomic mass is 79.9. The Morgan fingerprint density at radius 2 is 0.710 bits per heavy atom. The molecule has 1 aliphatic heterocycles. The summed E-state index contributed by atoms with van der Waals surface area (Å²) >= 11 is 0. The zero-order chi connectivity index (χ0) is 21.7. The average Bonchev–Trinajstić information content (AvgIpc) is 3.10. The molecule has 0 aromatic rings. The van der Waals surface area contributed by atoms with Crippen molar-refractivity contribution in [2.24, 2.45) is 0 Å². The lowest BCUT2D eigenvalue weighted by atomic mass is 10.0. The van der Waals surface area contributed by atoms with Crippen LogP contribution in [0.2, 0.25) is 0 Å². The Labute approximate surface area is 207 Å². The van der Waals surface area contributed by atoms with Gasteiger partial charge in [0.05, 0.1) is 6.17 Å². The number of unbranched alkanes of at least 4 members (excludes halogenated alkanes) is 18. The fourth-order valence-electron chi connectivity index (χ4n) is 4.70. The van der Waals surface area contributed by atoms with Crippen LogP contribution >= 0.6 is 0 Å². The topological polar surface area (TPSA) is 6.48 Å². The number of hydrogen-bond acceptors (Lipinski definition) is 2. The molecule has 0 saturated carbocycles. The monoisotopic (exact) mass is 499 g/mol. The quantitative estimate of drug-likeness (QED) is 0.162. The van der Waals surface area contributed by atoms with Gasteiger partial charge in [-0.1, -0.05) is 129 Å². The molecule has 31 heavy (non-hydrogen) atoms. The maximum atomic E-state index is 2.55. The van der Waals surface area contributed by atoms with Gasteiger partial charge >= 0.3 is 0 Å². The van der Waals surface area contributed by atoms with Gasteiger partial charge in [0.1, 0.15) is 0 Å². The third kappa shape index (κ3) is 17.0. The predicted octanol–water partition coefficient (Wildman–Crippen LogP) is 6.27. The Morgan fingerprint density at radius 3 is 1.00 bits per heavy atom. The van der Waals surface area contributed by atoms with Crippen molar-refractivity contribution >= 4 is 0 Å². The molecule has 1 atom stereocenters. The summed E-state index contributed by atoms with van der Waals surface area (Å²) in [6.45, 7) is 9.45. The van der Waals surface area contributed by atoms with E-state index in [1.54, 1.807) is 0 Å². The molecule has 0 saturated heterocycles. The second-order valence-electron chi connectivity index (χ2n) is 9.77. The molecular formula is C28H56BrN2-. The molecule has 1 heterocycles. The van der Waals surface area contributed by atoms with E-state index >= 15 is 0 Å². The van der Waals surface area contributed by atoms with Gasteiger partial charge in [-0.2, -0.15) is 0 Å². The minimum atomic E-state index is 0. The van der Waals surface area contributed by atoms with Crippen LogP contribution in [0.1, 0.15) is 149 Å². The fraction of sp³-hybridized carbons (Fsp3) is 0.929. The van der Waals surface area contributed by atoms with Gasteiger partial charge in [0, 0.05) is 25.5 Å². The molecule has 1 aliphatic rings. The Bertz CT molecular complexity index is 385. The van der Waals surface area contributed by atoms with E-state index < -0.39 is 0 Å². The molecule has 0 aromatic carbocycles. The van der Waals surface area contributed by atoms with Crippen LogP contribution in [0.3, 0.4) is 0 Å². The SMILES string of the molecule is CCCCCCCCCCCCCCCCN1C=CN(CCCCCCCC)C1C.[Br-]. The summed E-state index contributed by atoms with van der Waals surface area (Å²) in [5, 5.41) is 0. The van der Waals surface area contributed by atoms with Crippen LogP contribution in [0.15, 0.2) is 12.4 Å². The molecule has 0 aromatic heterocycles. The number of rotatable bonds is 22. The van der Waals surface area contributed by atoms with Crippen LogP contribution in [0.25, 0.3) is 0 Å². The summed E-state index contributed by atoms with van der Waals surface area (Å²) in [5.41, 5.74) is 0.